The number of nitrogens with zero attached hydrogens (tertiary/aromatic N) is 3. The second-order valence-electron chi connectivity index (χ2n) is 4.26. The molecule has 100 valence electrons. The highest BCUT2D eigenvalue weighted by atomic mass is 35.5. The molecule has 0 bridgehead atoms. The van der Waals surface area contributed by atoms with Gasteiger partial charge in [-0.3, -0.25) is 4.98 Å². The van der Waals surface area contributed by atoms with Crippen molar-refractivity contribution in [3.63, 3.8) is 0 Å². The van der Waals surface area contributed by atoms with Crippen LogP contribution in [0.25, 0.3) is 23.0 Å². The van der Waals surface area contributed by atoms with Crippen molar-refractivity contribution in [1.82, 2.24) is 15.1 Å². The van der Waals surface area contributed by atoms with Crippen LogP contribution >= 0.6 is 11.6 Å². The fourth-order valence-electron chi connectivity index (χ4n) is 1.78. The molecule has 0 unspecified atom stereocenters. The molecule has 5 nitrogen and oxygen atoms in total. The predicted molar refractivity (Wildman–Crippen MR) is 74.4 cm³/mol. The quantitative estimate of drug-likeness (QED) is 0.781. The maximum absolute atomic E-state index is 9.52. The predicted octanol–water partition coefficient (Wildman–Crippen LogP) is 3.47. The Morgan fingerprint density at radius 1 is 1.25 bits per heavy atom. The third-order valence-electron chi connectivity index (χ3n) is 2.84. The summed E-state index contributed by atoms with van der Waals surface area (Å²) in [6, 6.07) is 8.51. The van der Waals surface area contributed by atoms with Crippen LogP contribution in [0.2, 0.25) is 5.02 Å². The number of phenolic OH excluding ortho intramolecular Hbond substituents is 1. The first-order valence-electron chi connectivity index (χ1n) is 5.90. The Morgan fingerprint density at radius 2 is 2.10 bits per heavy atom. The lowest BCUT2D eigenvalue weighted by Crippen LogP contribution is -1.86. The number of rotatable bonds is 2. The van der Waals surface area contributed by atoms with E-state index in [4.69, 9.17) is 16.1 Å². The zero-order valence-electron chi connectivity index (χ0n) is 10.5. The largest absolute Gasteiger partial charge is 0.508 e. The van der Waals surface area contributed by atoms with Crippen molar-refractivity contribution < 1.29 is 9.63 Å². The Hall–Kier alpha value is -2.40. The van der Waals surface area contributed by atoms with Crippen LogP contribution in [0.4, 0.5) is 0 Å². The van der Waals surface area contributed by atoms with E-state index >= 15 is 0 Å². The Balaban J connectivity index is 2.02. The normalized spacial score (nSPS) is 10.7. The van der Waals surface area contributed by atoms with Gasteiger partial charge in [0.1, 0.15) is 11.4 Å². The SMILES string of the molecule is Cc1cc(-c2nc(-c3ncccc3Cl)no2)ccc1O. The molecule has 0 saturated carbocycles. The summed E-state index contributed by atoms with van der Waals surface area (Å²) in [5, 5.41) is 13.9. The van der Waals surface area contributed by atoms with E-state index in [0.717, 1.165) is 11.1 Å². The average Bonchev–Trinajstić information content (AvgIpc) is 2.92. The average molecular weight is 288 g/mol. The van der Waals surface area contributed by atoms with Gasteiger partial charge in [-0.2, -0.15) is 4.98 Å². The third-order valence-corrected chi connectivity index (χ3v) is 3.15. The number of pyridine rings is 1. The van der Waals surface area contributed by atoms with Crippen molar-refractivity contribution >= 4 is 11.6 Å². The smallest absolute Gasteiger partial charge is 0.258 e. The number of aromatic nitrogens is 3. The number of aromatic hydroxyl groups is 1. The molecule has 0 radical (unpaired) electrons. The van der Waals surface area contributed by atoms with E-state index in [-0.39, 0.29) is 5.75 Å². The van der Waals surface area contributed by atoms with Gasteiger partial charge < -0.3 is 9.63 Å². The molecule has 20 heavy (non-hydrogen) atoms. The molecular formula is C14H10ClN3O2. The van der Waals surface area contributed by atoms with Crippen LogP contribution in [-0.4, -0.2) is 20.2 Å². The number of hydrogen-bond acceptors (Lipinski definition) is 5. The van der Waals surface area contributed by atoms with E-state index < -0.39 is 0 Å². The Bertz CT molecular complexity index is 771. The topological polar surface area (TPSA) is 72.0 Å². The number of hydrogen-bond donors (Lipinski definition) is 1. The van der Waals surface area contributed by atoms with Crippen LogP contribution in [0.3, 0.4) is 0 Å². The summed E-state index contributed by atoms with van der Waals surface area (Å²) in [7, 11) is 0. The van der Waals surface area contributed by atoms with E-state index in [1.165, 1.54) is 0 Å². The Morgan fingerprint density at radius 3 is 2.85 bits per heavy atom. The van der Waals surface area contributed by atoms with E-state index in [1.807, 2.05) is 0 Å². The first-order valence-corrected chi connectivity index (χ1v) is 6.27. The minimum Gasteiger partial charge on any atom is -0.508 e. The van der Waals surface area contributed by atoms with Crippen LogP contribution in [0.15, 0.2) is 41.1 Å². The maximum Gasteiger partial charge on any atom is 0.258 e. The van der Waals surface area contributed by atoms with Crippen LogP contribution in [-0.2, 0) is 0 Å². The molecule has 0 atom stereocenters. The molecule has 0 aliphatic rings. The summed E-state index contributed by atoms with van der Waals surface area (Å²) in [6.45, 7) is 1.80. The first kappa shape index (κ1) is 12.6. The fraction of sp³-hybridized carbons (Fsp3) is 0.0714. The van der Waals surface area contributed by atoms with Gasteiger partial charge in [-0.1, -0.05) is 16.8 Å². The van der Waals surface area contributed by atoms with Gasteiger partial charge in [0.25, 0.3) is 5.89 Å². The van der Waals surface area contributed by atoms with Crippen molar-refractivity contribution in [2.45, 2.75) is 6.92 Å². The molecule has 6 heteroatoms. The molecule has 3 rings (SSSR count). The van der Waals surface area contributed by atoms with Gasteiger partial charge in [0.2, 0.25) is 5.82 Å². The summed E-state index contributed by atoms with van der Waals surface area (Å²) < 4.78 is 5.21. The number of aryl methyl sites for hydroxylation is 1. The minimum absolute atomic E-state index is 0.223. The molecule has 0 saturated heterocycles. The van der Waals surface area contributed by atoms with Crippen molar-refractivity contribution in [2.75, 3.05) is 0 Å². The molecule has 1 aromatic carbocycles. The summed E-state index contributed by atoms with van der Waals surface area (Å²) in [5.74, 6) is 0.905. The fourth-order valence-corrected chi connectivity index (χ4v) is 1.98. The second kappa shape index (κ2) is 4.94. The third kappa shape index (κ3) is 2.23. The highest BCUT2D eigenvalue weighted by Gasteiger charge is 2.14. The standard InChI is InChI=1S/C14H10ClN3O2/c1-8-7-9(4-5-11(8)19)14-17-13(18-20-14)12-10(15)3-2-6-16-12/h2-7,19H,1H3. The molecular weight excluding hydrogens is 278 g/mol. The van der Waals surface area contributed by atoms with Gasteiger partial charge in [-0.05, 0) is 42.8 Å². The van der Waals surface area contributed by atoms with Crippen molar-refractivity contribution in [2.24, 2.45) is 0 Å². The van der Waals surface area contributed by atoms with Gasteiger partial charge in [0.15, 0.2) is 0 Å². The van der Waals surface area contributed by atoms with Gasteiger partial charge in [0.05, 0.1) is 5.02 Å². The second-order valence-corrected chi connectivity index (χ2v) is 4.67. The van der Waals surface area contributed by atoms with Gasteiger partial charge in [-0.25, -0.2) is 0 Å². The van der Waals surface area contributed by atoms with Crippen LogP contribution < -0.4 is 0 Å². The van der Waals surface area contributed by atoms with Crippen molar-refractivity contribution in [3.05, 3.63) is 47.1 Å². The van der Waals surface area contributed by atoms with E-state index in [9.17, 15) is 5.11 Å². The lowest BCUT2D eigenvalue weighted by atomic mass is 10.1. The van der Waals surface area contributed by atoms with Crippen molar-refractivity contribution in [1.29, 1.82) is 0 Å². The molecule has 0 fully saturated rings. The molecule has 2 heterocycles. The Labute approximate surface area is 119 Å². The lowest BCUT2D eigenvalue weighted by Gasteiger charge is -1.99. The van der Waals surface area contributed by atoms with Gasteiger partial charge in [-0.15, -0.1) is 0 Å². The molecule has 0 amide bonds. The number of benzene rings is 1. The first-order chi connectivity index (χ1) is 9.65. The zero-order chi connectivity index (χ0) is 14.1. The van der Waals surface area contributed by atoms with Gasteiger partial charge in [0, 0.05) is 11.8 Å². The number of phenols is 1. The lowest BCUT2D eigenvalue weighted by molar-refractivity contribution is 0.432. The zero-order valence-corrected chi connectivity index (χ0v) is 11.3. The monoisotopic (exact) mass is 287 g/mol. The molecule has 1 N–H and O–H groups in total. The molecule has 2 aromatic heterocycles. The molecule has 3 aromatic rings. The Kier molecular flexibility index (Phi) is 3.12. The van der Waals surface area contributed by atoms with Crippen LogP contribution in [0.5, 0.6) is 5.75 Å². The summed E-state index contributed by atoms with van der Waals surface area (Å²) >= 11 is 6.04. The maximum atomic E-state index is 9.52. The summed E-state index contributed by atoms with van der Waals surface area (Å²) in [4.78, 5) is 8.41. The molecule has 0 aliphatic carbocycles. The minimum atomic E-state index is 0.223. The van der Waals surface area contributed by atoms with E-state index in [1.54, 1.807) is 43.5 Å². The van der Waals surface area contributed by atoms with Crippen LogP contribution in [0.1, 0.15) is 5.56 Å². The van der Waals surface area contributed by atoms with Crippen molar-refractivity contribution in [3.8, 4) is 28.7 Å². The summed E-state index contributed by atoms with van der Waals surface area (Å²) in [5.41, 5.74) is 1.93. The van der Waals surface area contributed by atoms with E-state index in [0.29, 0.717) is 22.4 Å². The highest BCUT2D eigenvalue weighted by Crippen LogP contribution is 2.27. The molecule has 0 aliphatic heterocycles. The van der Waals surface area contributed by atoms with Crippen LogP contribution in [0, 0.1) is 6.92 Å². The highest BCUT2D eigenvalue weighted by molar-refractivity contribution is 6.32. The van der Waals surface area contributed by atoms with E-state index in [2.05, 4.69) is 15.1 Å². The summed E-state index contributed by atoms with van der Waals surface area (Å²) in [6.07, 6.45) is 1.61. The molecule has 0 spiro atoms. The van der Waals surface area contributed by atoms with Gasteiger partial charge >= 0.3 is 0 Å². The number of halogens is 1.